The van der Waals surface area contributed by atoms with E-state index in [9.17, 15) is 8.42 Å². The molecule has 0 fully saturated rings. The first-order chi connectivity index (χ1) is 10.7. The fraction of sp³-hybridized carbons (Fsp3) is 0.368. The Kier molecular flexibility index (Phi) is 5.27. The first kappa shape index (κ1) is 17.7. The van der Waals surface area contributed by atoms with Gasteiger partial charge in [0.25, 0.3) is 0 Å². The van der Waals surface area contributed by atoms with Crippen LogP contribution in [0.5, 0.6) is 0 Å². The van der Waals surface area contributed by atoms with Gasteiger partial charge in [-0.05, 0) is 61.1 Å². The lowest BCUT2D eigenvalue weighted by atomic mass is 10.0. The highest BCUT2D eigenvalue weighted by Crippen LogP contribution is 2.21. The summed E-state index contributed by atoms with van der Waals surface area (Å²) in [5, 5.41) is 0. The van der Waals surface area contributed by atoms with Gasteiger partial charge >= 0.3 is 0 Å². The van der Waals surface area contributed by atoms with Crippen LogP contribution in [0.2, 0.25) is 0 Å². The third-order valence-corrected chi connectivity index (χ3v) is 5.78. The molecule has 0 aromatic heterocycles. The van der Waals surface area contributed by atoms with Crippen LogP contribution in [0.1, 0.15) is 55.0 Å². The van der Waals surface area contributed by atoms with Crippen LogP contribution < -0.4 is 4.72 Å². The SMILES string of the molecule is Cc1ccc([C@@H](C)NS(=O)(=O)c2ccc(C(C)C)cc2)cc1C. The molecule has 0 unspecified atom stereocenters. The van der Waals surface area contributed by atoms with Crippen molar-refractivity contribution in [3.8, 4) is 0 Å². The normalized spacial score (nSPS) is 13.3. The summed E-state index contributed by atoms with van der Waals surface area (Å²) in [6, 6.07) is 12.8. The fourth-order valence-electron chi connectivity index (χ4n) is 2.43. The van der Waals surface area contributed by atoms with Gasteiger partial charge in [-0.1, -0.05) is 44.2 Å². The minimum Gasteiger partial charge on any atom is -0.207 e. The molecule has 2 aromatic rings. The number of nitrogens with one attached hydrogen (secondary N) is 1. The molecule has 0 amide bonds. The van der Waals surface area contributed by atoms with Crippen molar-refractivity contribution >= 4 is 10.0 Å². The molecule has 2 aromatic carbocycles. The summed E-state index contributed by atoms with van der Waals surface area (Å²) in [7, 11) is -3.52. The molecule has 0 saturated heterocycles. The van der Waals surface area contributed by atoms with Gasteiger partial charge in [-0.15, -0.1) is 0 Å². The Morgan fingerprint density at radius 2 is 1.39 bits per heavy atom. The Bertz CT molecular complexity index is 778. The van der Waals surface area contributed by atoms with Gasteiger partial charge in [0.2, 0.25) is 10.0 Å². The smallest absolute Gasteiger partial charge is 0.207 e. The summed E-state index contributed by atoms with van der Waals surface area (Å²) >= 11 is 0. The predicted molar refractivity (Wildman–Crippen MR) is 95.2 cm³/mol. The first-order valence-corrected chi connectivity index (χ1v) is 9.38. The molecule has 4 heteroatoms. The van der Waals surface area contributed by atoms with Crippen LogP contribution in [-0.4, -0.2) is 8.42 Å². The maximum absolute atomic E-state index is 12.5. The van der Waals surface area contributed by atoms with Gasteiger partial charge in [0.15, 0.2) is 0 Å². The number of sulfonamides is 1. The molecule has 23 heavy (non-hydrogen) atoms. The van der Waals surface area contributed by atoms with E-state index < -0.39 is 10.0 Å². The highest BCUT2D eigenvalue weighted by Gasteiger charge is 2.18. The van der Waals surface area contributed by atoms with E-state index in [1.54, 1.807) is 12.1 Å². The van der Waals surface area contributed by atoms with Crippen LogP contribution in [0, 0.1) is 13.8 Å². The third-order valence-electron chi connectivity index (χ3n) is 4.22. The number of benzene rings is 2. The Labute approximate surface area is 139 Å². The summed E-state index contributed by atoms with van der Waals surface area (Å²) in [4.78, 5) is 0.303. The molecule has 3 nitrogen and oxygen atoms in total. The summed E-state index contributed by atoms with van der Waals surface area (Å²) in [5.74, 6) is 0.383. The minimum absolute atomic E-state index is 0.274. The topological polar surface area (TPSA) is 46.2 Å². The molecule has 2 rings (SSSR count). The standard InChI is InChI=1S/C19H25NO2S/c1-13(2)17-8-10-19(11-9-17)23(21,22)20-16(5)18-7-6-14(3)15(4)12-18/h6-13,16,20H,1-5H3/t16-/m1/s1. The van der Waals surface area contributed by atoms with E-state index >= 15 is 0 Å². The van der Waals surface area contributed by atoms with Crippen LogP contribution >= 0.6 is 0 Å². The zero-order valence-electron chi connectivity index (χ0n) is 14.4. The molecule has 0 aliphatic heterocycles. The van der Waals surface area contributed by atoms with E-state index in [0.717, 1.165) is 16.7 Å². The molecule has 124 valence electrons. The van der Waals surface area contributed by atoms with Crippen molar-refractivity contribution in [2.45, 2.75) is 51.5 Å². The van der Waals surface area contributed by atoms with Crippen LogP contribution in [0.4, 0.5) is 0 Å². The molecule has 0 heterocycles. The lowest BCUT2D eigenvalue weighted by molar-refractivity contribution is 0.567. The summed E-state index contributed by atoms with van der Waals surface area (Å²) in [6.07, 6.45) is 0. The van der Waals surface area contributed by atoms with Gasteiger partial charge in [0.1, 0.15) is 0 Å². The Morgan fingerprint density at radius 1 is 0.826 bits per heavy atom. The van der Waals surface area contributed by atoms with Crippen molar-refractivity contribution in [1.82, 2.24) is 4.72 Å². The summed E-state index contributed by atoms with van der Waals surface area (Å²) in [6.45, 7) is 10.1. The van der Waals surface area contributed by atoms with E-state index in [1.165, 1.54) is 5.56 Å². The highest BCUT2D eigenvalue weighted by molar-refractivity contribution is 7.89. The molecular formula is C19H25NO2S. The van der Waals surface area contributed by atoms with E-state index in [2.05, 4.69) is 18.6 Å². The molecule has 0 saturated carbocycles. The van der Waals surface area contributed by atoms with Gasteiger partial charge in [0, 0.05) is 6.04 Å². The van der Waals surface area contributed by atoms with Crippen molar-refractivity contribution in [2.24, 2.45) is 0 Å². The molecular weight excluding hydrogens is 306 g/mol. The van der Waals surface area contributed by atoms with Gasteiger partial charge < -0.3 is 0 Å². The Hall–Kier alpha value is -1.65. The molecule has 0 aliphatic carbocycles. The summed E-state index contributed by atoms with van der Waals surface area (Å²) < 4.78 is 27.8. The summed E-state index contributed by atoms with van der Waals surface area (Å²) in [5.41, 5.74) is 4.46. The lowest BCUT2D eigenvalue weighted by Gasteiger charge is -2.16. The second-order valence-corrected chi connectivity index (χ2v) is 8.12. The molecule has 0 spiro atoms. The zero-order valence-corrected chi connectivity index (χ0v) is 15.2. The van der Waals surface area contributed by atoms with Crippen molar-refractivity contribution in [2.75, 3.05) is 0 Å². The third kappa shape index (κ3) is 4.21. The molecule has 1 atom stereocenters. The maximum Gasteiger partial charge on any atom is 0.241 e. The zero-order chi connectivity index (χ0) is 17.2. The molecule has 1 N–H and O–H groups in total. The van der Waals surface area contributed by atoms with E-state index in [-0.39, 0.29) is 6.04 Å². The number of aryl methyl sites for hydroxylation is 2. The quantitative estimate of drug-likeness (QED) is 0.879. The monoisotopic (exact) mass is 331 g/mol. The Balaban J connectivity index is 2.21. The fourth-order valence-corrected chi connectivity index (χ4v) is 3.67. The largest absolute Gasteiger partial charge is 0.241 e. The van der Waals surface area contributed by atoms with E-state index in [4.69, 9.17) is 0 Å². The lowest BCUT2D eigenvalue weighted by Crippen LogP contribution is -2.27. The predicted octanol–water partition coefficient (Wildman–Crippen LogP) is 4.47. The van der Waals surface area contributed by atoms with Crippen molar-refractivity contribution < 1.29 is 8.42 Å². The average Bonchev–Trinajstić information content (AvgIpc) is 2.49. The van der Waals surface area contributed by atoms with E-state index in [0.29, 0.717) is 10.8 Å². The Morgan fingerprint density at radius 3 is 1.91 bits per heavy atom. The van der Waals surface area contributed by atoms with Crippen LogP contribution in [0.3, 0.4) is 0 Å². The van der Waals surface area contributed by atoms with Crippen LogP contribution in [-0.2, 0) is 10.0 Å². The second kappa shape index (κ2) is 6.85. The van der Waals surface area contributed by atoms with Crippen molar-refractivity contribution in [3.05, 3.63) is 64.7 Å². The van der Waals surface area contributed by atoms with E-state index in [1.807, 2.05) is 51.1 Å². The first-order valence-electron chi connectivity index (χ1n) is 7.90. The minimum atomic E-state index is -3.52. The average molecular weight is 331 g/mol. The highest BCUT2D eigenvalue weighted by atomic mass is 32.2. The van der Waals surface area contributed by atoms with Gasteiger partial charge in [-0.3, -0.25) is 0 Å². The molecule has 0 radical (unpaired) electrons. The molecule has 0 bridgehead atoms. The number of hydrogen-bond acceptors (Lipinski definition) is 2. The van der Waals surface area contributed by atoms with Gasteiger partial charge in [-0.2, -0.15) is 0 Å². The van der Waals surface area contributed by atoms with Gasteiger partial charge in [-0.25, -0.2) is 13.1 Å². The van der Waals surface area contributed by atoms with Crippen molar-refractivity contribution in [3.63, 3.8) is 0 Å². The number of rotatable bonds is 5. The number of hydrogen-bond donors (Lipinski definition) is 1. The maximum atomic E-state index is 12.5. The second-order valence-electron chi connectivity index (χ2n) is 6.41. The van der Waals surface area contributed by atoms with Gasteiger partial charge in [0.05, 0.1) is 4.90 Å². The van der Waals surface area contributed by atoms with Crippen molar-refractivity contribution in [1.29, 1.82) is 0 Å². The van der Waals surface area contributed by atoms with Crippen LogP contribution in [0.25, 0.3) is 0 Å². The van der Waals surface area contributed by atoms with Crippen LogP contribution in [0.15, 0.2) is 47.4 Å². The molecule has 0 aliphatic rings.